The SMILES string of the molecule is CC(C)(C)OC(=O)n1[nH]c(=O)c2ccc(NC(=O)CC[NH-])cc21.[Y]. The van der Waals surface area contributed by atoms with Crippen molar-refractivity contribution < 1.29 is 47.0 Å². The summed E-state index contributed by atoms with van der Waals surface area (Å²) in [5.41, 5.74) is 6.66. The van der Waals surface area contributed by atoms with E-state index < -0.39 is 17.3 Å². The van der Waals surface area contributed by atoms with Gasteiger partial charge in [0.05, 0.1) is 10.9 Å². The molecule has 0 saturated heterocycles. The third-order valence-corrected chi connectivity index (χ3v) is 2.91. The van der Waals surface area contributed by atoms with Gasteiger partial charge in [-0.1, -0.05) is 0 Å². The van der Waals surface area contributed by atoms with E-state index in [4.69, 9.17) is 10.5 Å². The maximum atomic E-state index is 12.2. The van der Waals surface area contributed by atoms with E-state index in [1.807, 2.05) is 0 Å². The number of nitrogens with one attached hydrogen (secondary N) is 3. The Morgan fingerprint density at radius 1 is 1.33 bits per heavy atom. The Balaban J connectivity index is 0.00000288. The molecule has 0 unspecified atom stereocenters. The Hall–Kier alpha value is -1.51. The van der Waals surface area contributed by atoms with Gasteiger partial charge in [0.25, 0.3) is 5.56 Å². The van der Waals surface area contributed by atoms with Crippen molar-refractivity contribution in [3.8, 4) is 0 Å². The molecule has 127 valence electrons. The predicted octanol–water partition coefficient (Wildman–Crippen LogP) is 2.49. The largest absolute Gasteiger partial charge is 0.677 e. The van der Waals surface area contributed by atoms with Crippen LogP contribution in [0.5, 0.6) is 0 Å². The first kappa shape index (κ1) is 20.5. The number of carbonyl (C=O) groups is 2. The van der Waals surface area contributed by atoms with E-state index in [9.17, 15) is 14.4 Å². The molecule has 1 radical (unpaired) electrons. The first-order valence-corrected chi connectivity index (χ1v) is 7.14. The minimum Gasteiger partial charge on any atom is -0.677 e. The molecule has 0 aliphatic carbocycles. The number of hydrogen-bond acceptors (Lipinski definition) is 4. The molecule has 0 bridgehead atoms. The molecule has 8 nitrogen and oxygen atoms in total. The minimum absolute atomic E-state index is 0. The van der Waals surface area contributed by atoms with Crippen molar-refractivity contribution in [3.05, 3.63) is 34.3 Å². The molecule has 0 aliphatic rings. The smallest absolute Gasteiger partial charge is 0.434 e. The van der Waals surface area contributed by atoms with Crippen molar-refractivity contribution in [1.82, 2.24) is 9.78 Å². The fourth-order valence-electron chi connectivity index (χ4n) is 2.00. The number of rotatable bonds is 3. The maximum absolute atomic E-state index is 12.2. The van der Waals surface area contributed by atoms with Gasteiger partial charge in [0.2, 0.25) is 5.91 Å². The van der Waals surface area contributed by atoms with Crippen LogP contribution in [0.2, 0.25) is 0 Å². The van der Waals surface area contributed by atoms with Crippen molar-refractivity contribution in [2.75, 3.05) is 11.9 Å². The van der Waals surface area contributed by atoms with Crippen LogP contribution in [-0.4, -0.2) is 33.9 Å². The Labute approximate surface area is 164 Å². The van der Waals surface area contributed by atoms with Crippen LogP contribution >= 0.6 is 0 Å². The van der Waals surface area contributed by atoms with E-state index in [0.29, 0.717) is 16.6 Å². The van der Waals surface area contributed by atoms with Gasteiger partial charge >= 0.3 is 6.09 Å². The summed E-state index contributed by atoms with van der Waals surface area (Å²) in [5.74, 6) is -0.305. The van der Waals surface area contributed by atoms with E-state index >= 15 is 0 Å². The van der Waals surface area contributed by atoms with Gasteiger partial charge in [0.1, 0.15) is 5.60 Å². The third kappa shape index (κ3) is 4.99. The van der Waals surface area contributed by atoms with Crippen molar-refractivity contribution in [3.63, 3.8) is 0 Å². The quantitative estimate of drug-likeness (QED) is 0.812. The second-order valence-electron chi connectivity index (χ2n) is 6.04. The zero-order valence-corrected chi connectivity index (χ0v) is 16.6. The number of aromatic amines is 1. The molecule has 0 aliphatic heterocycles. The number of carbonyl (C=O) groups excluding carboxylic acids is 2. The Kier molecular flexibility index (Phi) is 6.89. The van der Waals surface area contributed by atoms with Gasteiger partial charge in [-0.2, -0.15) is 4.68 Å². The molecule has 0 fully saturated rings. The average Bonchev–Trinajstić information content (AvgIpc) is 2.74. The minimum atomic E-state index is -0.709. The first-order chi connectivity index (χ1) is 10.7. The number of anilines is 1. The van der Waals surface area contributed by atoms with Crippen molar-refractivity contribution in [2.24, 2.45) is 0 Å². The van der Waals surface area contributed by atoms with Crippen molar-refractivity contribution in [1.29, 1.82) is 0 Å². The van der Waals surface area contributed by atoms with Gasteiger partial charge in [0.15, 0.2) is 0 Å². The molecule has 0 saturated carbocycles. The number of benzene rings is 1. The standard InChI is InChI=1S/C15H19N4O4.Y/c1-15(2,3)23-14(22)19-11-8-9(17-12(20)6-7-16)4-5-10(11)13(21)18-19;/h4-5,8,16H,6-7H2,1-3H3,(H,17,20)(H,18,21);/q-1;. The van der Waals surface area contributed by atoms with E-state index in [1.54, 1.807) is 26.8 Å². The third-order valence-electron chi connectivity index (χ3n) is 2.91. The Bertz CT molecular complexity index is 804. The van der Waals surface area contributed by atoms with Crippen LogP contribution in [0.3, 0.4) is 0 Å². The number of ether oxygens (including phenoxy) is 1. The predicted molar refractivity (Wildman–Crippen MR) is 86.6 cm³/mol. The van der Waals surface area contributed by atoms with Crippen LogP contribution in [0.4, 0.5) is 10.5 Å². The second kappa shape index (κ2) is 8.05. The van der Waals surface area contributed by atoms with E-state index in [1.165, 1.54) is 12.1 Å². The molecular weight excluding hydrogens is 389 g/mol. The normalized spacial score (nSPS) is 11.0. The van der Waals surface area contributed by atoms with Crippen LogP contribution in [0.15, 0.2) is 23.0 Å². The molecule has 1 amide bonds. The van der Waals surface area contributed by atoms with Gasteiger partial charge in [-0.15, -0.1) is 6.54 Å². The summed E-state index contributed by atoms with van der Waals surface area (Å²) in [6.07, 6.45) is -0.636. The number of fused-ring (bicyclic) bond motifs is 1. The number of amides is 1. The van der Waals surface area contributed by atoms with Gasteiger partial charge in [-0.25, -0.2) is 4.79 Å². The average molecular weight is 408 g/mol. The van der Waals surface area contributed by atoms with Gasteiger partial charge in [0, 0.05) is 44.8 Å². The van der Waals surface area contributed by atoms with Crippen molar-refractivity contribution in [2.45, 2.75) is 32.8 Å². The van der Waals surface area contributed by atoms with Crippen LogP contribution in [0, 0.1) is 0 Å². The van der Waals surface area contributed by atoms with E-state index in [0.717, 1.165) is 4.68 Å². The molecule has 2 aromatic rings. The van der Waals surface area contributed by atoms with Crippen LogP contribution in [0.1, 0.15) is 27.2 Å². The summed E-state index contributed by atoms with van der Waals surface area (Å²) < 4.78 is 6.26. The number of hydrogen-bond donors (Lipinski definition) is 2. The number of H-pyrrole nitrogens is 1. The monoisotopic (exact) mass is 408 g/mol. The second-order valence-corrected chi connectivity index (χ2v) is 6.04. The summed E-state index contributed by atoms with van der Waals surface area (Å²) in [6.45, 7) is 5.16. The zero-order chi connectivity index (χ0) is 17.2. The van der Waals surface area contributed by atoms with Crippen LogP contribution in [-0.2, 0) is 42.2 Å². The van der Waals surface area contributed by atoms with Crippen molar-refractivity contribution >= 4 is 28.6 Å². The molecule has 0 atom stereocenters. The summed E-state index contributed by atoms with van der Waals surface area (Å²) in [7, 11) is 0. The van der Waals surface area contributed by atoms with E-state index in [-0.39, 0.29) is 51.6 Å². The van der Waals surface area contributed by atoms with Gasteiger partial charge in [-0.3, -0.25) is 14.7 Å². The summed E-state index contributed by atoms with van der Waals surface area (Å²) in [6, 6.07) is 4.60. The molecule has 0 spiro atoms. The topological polar surface area (TPSA) is 117 Å². The molecular formula is C15H19N4O4Y-. The maximum Gasteiger partial charge on any atom is 0.434 e. The van der Waals surface area contributed by atoms with Crippen LogP contribution < -0.4 is 10.9 Å². The Morgan fingerprint density at radius 2 is 2.00 bits per heavy atom. The van der Waals surface area contributed by atoms with Gasteiger partial charge in [-0.05, 0) is 39.0 Å². The molecule has 3 N–H and O–H groups in total. The summed E-state index contributed by atoms with van der Waals surface area (Å²) in [4.78, 5) is 35.7. The summed E-state index contributed by atoms with van der Waals surface area (Å²) >= 11 is 0. The molecule has 24 heavy (non-hydrogen) atoms. The zero-order valence-electron chi connectivity index (χ0n) is 13.8. The van der Waals surface area contributed by atoms with Gasteiger partial charge < -0.3 is 15.8 Å². The fourth-order valence-corrected chi connectivity index (χ4v) is 2.00. The number of aromatic nitrogens is 2. The summed E-state index contributed by atoms with van der Waals surface area (Å²) in [5, 5.41) is 5.36. The molecule has 9 heteroatoms. The molecule has 1 aromatic carbocycles. The van der Waals surface area contributed by atoms with Crippen LogP contribution in [0.25, 0.3) is 16.6 Å². The first-order valence-electron chi connectivity index (χ1n) is 7.14. The molecule has 2 rings (SSSR count). The Morgan fingerprint density at radius 3 is 2.58 bits per heavy atom. The fraction of sp³-hybridized carbons (Fsp3) is 0.400. The van der Waals surface area contributed by atoms with E-state index in [2.05, 4.69) is 10.4 Å². The molecule has 1 aromatic heterocycles. The molecule has 1 heterocycles. The number of nitrogens with zero attached hydrogens (tertiary/aromatic N) is 1.